The van der Waals surface area contributed by atoms with Crippen molar-refractivity contribution in [2.45, 2.75) is 32.2 Å². The molecule has 0 aliphatic heterocycles. The molecule has 0 spiro atoms. The first-order valence-electron chi connectivity index (χ1n) is 5.03. The van der Waals surface area contributed by atoms with Gasteiger partial charge in [-0.05, 0) is 39.9 Å². The molecule has 0 amide bonds. The summed E-state index contributed by atoms with van der Waals surface area (Å²) in [6.45, 7) is 1.02. The lowest BCUT2D eigenvalue weighted by atomic mass is 9.88. The van der Waals surface area contributed by atoms with Crippen molar-refractivity contribution in [3.05, 3.63) is 16.9 Å². The molecule has 0 unspecified atom stereocenters. The molecule has 0 atom stereocenters. The third kappa shape index (κ3) is 2.16. The average molecular weight is 275 g/mol. The molecule has 0 saturated heterocycles. The second-order valence-electron chi connectivity index (χ2n) is 4.22. The molecule has 78 valence electrons. The molecule has 1 aliphatic rings. The summed E-state index contributed by atoms with van der Waals surface area (Å²) in [6.07, 6.45) is 9.19. The predicted octanol–water partition coefficient (Wildman–Crippen LogP) is 3.14. The highest BCUT2D eigenvalue weighted by molar-refractivity contribution is 9.10. The molecule has 1 saturated carbocycles. The van der Waals surface area contributed by atoms with Crippen LogP contribution in [0.1, 0.15) is 25.7 Å². The summed E-state index contributed by atoms with van der Waals surface area (Å²) < 4.78 is 3.09. The highest BCUT2D eigenvalue weighted by atomic mass is 79.9. The van der Waals surface area contributed by atoms with E-state index in [4.69, 9.17) is 0 Å². The first-order chi connectivity index (χ1) is 6.74. The maximum atomic E-state index is 4.49. The van der Waals surface area contributed by atoms with Gasteiger partial charge in [0.25, 0.3) is 0 Å². The van der Waals surface area contributed by atoms with Crippen molar-refractivity contribution in [1.82, 2.24) is 9.78 Å². The number of aromatic nitrogens is 2. The Morgan fingerprint density at radius 1 is 1.50 bits per heavy atom. The molecule has 4 heteroatoms. The lowest BCUT2D eigenvalue weighted by molar-refractivity contribution is 0.276. The van der Waals surface area contributed by atoms with Crippen molar-refractivity contribution < 1.29 is 0 Å². The summed E-state index contributed by atoms with van der Waals surface area (Å²) >= 11 is 7.90. The number of halogens is 1. The van der Waals surface area contributed by atoms with Crippen LogP contribution in [0.5, 0.6) is 0 Å². The van der Waals surface area contributed by atoms with Gasteiger partial charge in [0.2, 0.25) is 0 Å². The molecule has 1 aromatic rings. The topological polar surface area (TPSA) is 17.8 Å². The summed E-state index contributed by atoms with van der Waals surface area (Å²) in [7, 11) is 0. The van der Waals surface area contributed by atoms with Gasteiger partial charge in [0.15, 0.2) is 0 Å². The Bertz CT molecular complexity index is 305. The first-order valence-corrected chi connectivity index (χ1v) is 6.45. The molecule has 1 heterocycles. The van der Waals surface area contributed by atoms with Crippen LogP contribution < -0.4 is 0 Å². The van der Waals surface area contributed by atoms with Crippen molar-refractivity contribution in [3.8, 4) is 0 Å². The Kier molecular flexibility index (Phi) is 3.22. The molecule has 1 aromatic heterocycles. The van der Waals surface area contributed by atoms with Crippen molar-refractivity contribution in [3.63, 3.8) is 0 Å². The fourth-order valence-corrected chi connectivity index (χ4v) is 3.00. The van der Waals surface area contributed by atoms with Gasteiger partial charge in [-0.15, -0.1) is 0 Å². The van der Waals surface area contributed by atoms with Crippen molar-refractivity contribution in [2.75, 3.05) is 5.75 Å². The number of hydrogen-bond donors (Lipinski definition) is 1. The molecule has 0 N–H and O–H groups in total. The summed E-state index contributed by atoms with van der Waals surface area (Å²) in [6, 6.07) is 0. The Hall–Kier alpha value is 0.0400. The molecular formula is C10H15BrN2S. The lowest BCUT2D eigenvalue weighted by Gasteiger charge is -2.26. The van der Waals surface area contributed by atoms with E-state index in [1.54, 1.807) is 0 Å². The molecule has 1 aliphatic carbocycles. The van der Waals surface area contributed by atoms with Gasteiger partial charge in [-0.1, -0.05) is 12.8 Å². The van der Waals surface area contributed by atoms with Crippen LogP contribution in [0.15, 0.2) is 16.9 Å². The monoisotopic (exact) mass is 274 g/mol. The lowest BCUT2D eigenvalue weighted by Crippen LogP contribution is -2.25. The molecule has 0 bridgehead atoms. The van der Waals surface area contributed by atoms with Crippen molar-refractivity contribution in [1.29, 1.82) is 0 Å². The summed E-state index contributed by atoms with van der Waals surface area (Å²) in [5, 5.41) is 4.31. The van der Waals surface area contributed by atoms with E-state index in [1.165, 1.54) is 25.7 Å². The van der Waals surface area contributed by atoms with E-state index < -0.39 is 0 Å². The van der Waals surface area contributed by atoms with Crippen LogP contribution in [-0.2, 0) is 6.54 Å². The third-order valence-corrected chi connectivity index (χ3v) is 4.18. The van der Waals surface area contributed by atoms with Gasteiger partial charge in [0, 0.05) is 12.7 Å². The largest absolute Gasteiger partial charge is 0.271 e. The second-order valence-corrected chi connectivity index (χ2v) is 5.45. The van der Waals surface area contributed by atoms with Crippen LogP contribution in [0.2, 0.25) is 0 Å². The highest BCUT2D eigenvalue weighted by Crippen LogP contribution is 2.40. The highest BCUT2D eigenvalue weighted by Gasteiger charge is 2.33. The normalized spacial score (nSPS) is 20.1. The van der Waals surface area contributed by atoms with Gasteiger partial charge < -0.3 is 0 Å². The molecule has 1 fully saturated rings. The van der Waals surface area contributed by atoms with Gasteiger partial charge in [0.05, 0.1) is 10.7 Å². The number of hydrogen-bond acceptors (Lipinski definition) is 2. The summed E-state index contributed by atoms with van der Waals surface area (Å²) in [4.78, 5) is 0. The second kappa shape index (κ2) is 4.27. The van der Waals surface area contributed by atoms with Gasteiger partial charge >= 0.3 is 0 Å². The van der Waals surface area contributed by atoms with E-state index in [0.717, 1.165) is 16.8 Å². The molecule has 14 heavy (non-hydrogen) atoms. The first kappa shape index (κ1) is 10.6. The molecular weight excluding hydrogens is 260 g/mol. The van der Waals surface area contributed by atoms with E-state index in [1.807, 2.05) is 17.1 Å². The van der Waals surface area contributed by atoms with Gasteiger partial charge in [-0.25, -0.2) is 0 Å². The van der Waals surface area contributed by atoms with E-state index >= 15 is 0 Å². The number of nitrogens with zero attached hydrogens (tertiary/aromatic N) is 2. The minimum Gasteiger partial charge on any atom is -0.271 e. The molecule has 0 radical (unpaired) electrons. The fraction of sp³-hybridized carbons (Fsp3) is 0.700. The Balaban J connectivity index is 2.08. The van der Waals surface area contributed by atoms with Gasteiger partial charge in [-0.3, -0.25) is 4.68 Å². The van der Waals surface area contributed by atoms with E-state index in [9.17, 15) is 0 Å². The fourth-order valence-electron chi connectivity index (χ4n) is 2.26. The zero-order chi connectivity index (χ0) is 10.0. The van der Waals surface area contributed by atoms with E-state index in [-0.39, 0.29) is 0 Å². The Labute approximate surface area is 98.6 Å². The van der Waals surface area contributed by atoms with Crippen LogP contribution in [0.25, 0.3) is 0 Å². The number of rotatable bonds is 3. The zero-order valence-corrected chi connectivity index (χ0v) is 10.6. The Morgan fingerprint density at radius 3 is 2.71 bits per heavy atom. The third-order valence-electron chi connectivity index (χ3n) is 3.10. The maximum absolute atomic E-state index is 4.49. The Morgan fingerprint density at radius 2 is 2.21 bits per heavy atom. The quantitative estimate of drug-likeness (QED) is 0.839. The molecule has 2 nitrogen and oxygen atoms in total. The summed E-state index contributed by atoms with van der Waals surface area (Å²) in [5.41, 5.74) is 0.397. The van der Waals surface area contributed by atoms with Crippen LogP contribution in [0.4, 0.5) is 0 Å². The minimum absolute atomic E-state index is 0.397. The van der Waals surface area contributed by atoms with E-state index in [2.05, 4.69) is 33.7 Å². The van der Waals surface area contributed by atoms with E-state index in [0.29, 0.717) is 5.41 Å². The smallest absolute Gasteiger partial charge is 0.0632 e. The van der Waals surface area contributed by atoms with Crippen LogP contribution in [0.3, 0.4) is 0 Å². The van der Waals surface area contributed by atoms with Crippen LogP contribution in [0, 0.1) is 5.41 Å². The zero-order valence-electron chi connectivity index (χ0n) is 8.12. The van der Waals surface area contributed by atoms with Crippen LogP contribution in [-0.4, -0.2) is 15.5 Å². The van der Waals surface area contributed by atoms with Crippen LogP contribution >= 0.6 is 28.6 Å². The van der Waals surface area contributed by atoms with Gasteiger partial charge in [0.1, 0.15) is 0 Å². The summed E-state index contributed by atoms with van der Waals surface area (Å²) in [5.74, 6) is 0.977. The van der Waals surface area contributed by atoms with Crippen molar-refractivity contribution >= 4 is 28.6 Å². The molecule has 2 rings (SSSR count). The molecule has 0 aromatic carbocycles. The minimum atomic E-state index is 0.397. The van der Waals surface area contributed by atoms with Gasteiger partial charge in [-0.2, -0.15) is 17.7 Å². The maximum Gasteiger partial charge on any atom is 0.0632 e. The predicted molar refractivity (Wildman–Crippen MR) is 64.7 cm³/mol. The standard InChI is InChI=1S/C10H15BrN2S/c11-9-5-12-13(6-9)7-10(8-14)3-1-2-4-10/h5-6,14H,1-4,7-8H2. The SMILES string of the molecule is SCC1(Cn2cc(Br)cn2)CCCC1. The average Bonchev–Trinajstić information content (AvgIpc) is 2.77. The van der Waals surface area contributed by atoms with Crippen molar-refractivity contribution in [2.24, 2.45) is 5.41 Å². The number of thiol groups is 1.